The lowest BCUT2D eigenvalue weighted by atomic mass is 10.1. The zero-order valence-electron chi connectivity index (χ0n) is 18.8. The second-order valence-electron chi connectivity index (χ2n) is 7.05. The van der Waals surface area contributed by atoms with Gasteiger partial charge in [-0.25, -0.2) is 18.7 Å². The largest absolute Gasteiger partial charge is 0.494 e. The molecule has 35 heavy (non-hydrogen) atoms. The third-order valence-electron chi connectivity index (χ3n) is 4.80. The number of hydrogen-bond donors (Lipinski definition) is 1. The van der Waals surface area contributed by atoms with Crippen LogP contribution in [0.4, 0.5) is 8.78 Å². The van der Waals surface area contributed by atoms with Gasteiger partial charge in [0.1, 0.15) is 17.7 Å². The summed E-state index contributed by atoms with van der Waals surface area (Å²) in [5.41, 5.74) is 8.13. The minimum absolute atomic E-state index is 0.0534. The third-order valence-corrected chi connectivity index (χ3v) is 4.80. The maximum Gasteiger partial charge on any atom is 0.271 e. The minimum atomic E-state index is -0.669. The number of pyridine rings is 2. The minimum Gasteiger partial charge on any atom is -0.494 e. The first-order valence-corrected chi connectivity index (χ1v) is 10.2. The van der Waals surface area contributed by atoms with Gasteiger partial charge in [-0.1, -0.05) is 24.3 Å². The molecule has 2 N–H and O–H groups in total. The van der Waals surface area contributed by atoms with Crippen LogP contribution in [0.25, 0.3) is 22.3 Å². The van der Waals surface area contributed by atoms with Gasteiger partial charge in [-0.15, -0.1) is 0 Å². The van der Waals surface area contributed by atoms with Crippen LogP contribution in [0, 0.1) is 23.0 Å². The smallest absolute Gasteiger partial charge is 0.271 e. The van der Waals surface area contributed by atoms with Crippen molar-refractivity contribution in [2.24, 2.45) is 5.73 Å². The summed E-state index contributed by atoms with van der Waals surface area (Å²) in [5, 5.41) is 8.80. The molecule has 176 valence electrons. The summed E-state index contributed by atoms with van der Waals surface area (Å²) >= 11 is 0. The van der Waals surface area contributed by atoms with Gasteiger partial charge in [0.05, 0.1) is 14.2 Å². The number of halogens is 2. The van der Waals surface area contributed by atoms with E-state index in [1.807, 2.05) is 6.07 Å². The van der Waals surface area contributed by atoms with E-state index in [-0.39, 0.29) is 28.8 Å². The van der Waals surface area contributed by atoms with E-state index in [2.05, 4.69) is 9.97 Å². The second kappa shape index (κ2) is 11.3. The lowest BCUT2D eigenvalue weighted by Crippen LogP contribution is -2.14. The zero-order chi connectivity index (χ0) is 25.4. The summed E-state index contributed by atoms with van der Waals surface area (Å²) in [5.74, 6) is -0.674. The summed E-state index contributed by atoms with van der Waals surface area (Å²) in [7, 11) is 2.88. The number of nitrogens with two attached hydrogens (primary N) is 1. The van der Waals surface area contributed by atoms with Crippen LogP contribution in [-0.2, 0) is 0 Å². The van der Waals surface area contributed by atoms with Gasteiger partial charge in [-0.3, -0.25) is 4.79 Å². The van der Waals surface area contributed by atoms with Gasteiger partial charge in [-0.2, -0.15) is 5.26 Å². The number of nitrogens with zero attached hydrogens (tertiary/aromatic N) is 3. The molecule has 0 bridgehead atoms. The van der Waals surface area contributed by atoms with Gasteiger partial charge in [0.25, 0.3) is 5.91 Å². The lowest BCUT2D eigenvalue weighted by molar-refractivity contribution is 0.0992. The maximum absolute atomic E-state index is 13.1. The van der Waals surface area contributed by atoms with Crippen molar-refractivity contribution in [2.45, 2.75) is 0 Å². The second-order valence-corrected chi connectivity index (χ2v) is 7.05. The van der Waals surface area contributed by atoms with E-state index in [1.54, 1.807) is 36.4 Å². The standard InChI is InChI=1S/C13H11FN2O2.C13H9FN2O/c1-18-11-6-9(7-16-12(11)13(15)17)8-3-2-4-10(14)5-8;1-17-13-6-10(8-16-12(13)7-15)9-3-2-4-11(14)5-9/h2-7H,1H3,(H2,15,17);2-6,8H,1H3. The van der Waals surface area contributed by atoms with Crippen molar-refractivity contribution in [1.82, 2.24) is 9.97 Å². The molecule has 0 spiro atoms. The fourth-order valence-corrected chi connectivity index (χ4v) is 3.12. The zero-order valence-corrected chi connectivity index (χ0v) is 18.8. The predicted molar refractivity (Wildman–Crippen MR) is 126 cm³/mol. The Labute approximate surface area is 200 Å². The number of nitriles is 1. The number of benzene rings is 2. The molecule has 0 fully saturated rings. The van der Waals surface area contributed by atoms with E-state index >= 15 is 0 Å². The first kappa shape index (κ1) is 24.8. The average molecular weight is 474 g/mol. The van der Waals surface area contributed by atoms with E-state index in [0.717, 1.165) is 0 Å². The molecule has 0 unspecified atom stereocenters. The number of ether oxygens (including phenoxy) is 2. The number of amides is 1. The molecule has 0 aliphatic heterocycles. The lowest BCUT2D eigenvalue weighted by Gasteiger charge is -2.07. The molecule has 0 aliphatic rings. The highest BCUT2D eigenvalue weighted by Gasteiger charge is 2.12. The molecule has 4 aromatic rings. The molecule has 0 saturated heterocycles. The summed E-state index contributed by atoms with van der Waals surface area (Å²) in [6.45, 7) is 0. The third kappa shape index (κ3) is 6.15. The molecule has 0 radical (unpaired) electrons. The number of primary amides is 1. The Balaban J connectivity index is 0.000000196. The molecule has 2 aromatic heterocycles. The molecule has 2 aromatic carbocycles. The highest BCUT2D eigenvalue weighted by Crippen LogP contribution is 2.26. The molecule has 0 atom stereocenters. The maximum atomic E-state index is 13.1. The van der Waals surface area contributed by atoms with Crippen LogP contribution < -0.4 is 15.2 Å². The van der Waals surface area contributed by atoms with Crippen LogP contribution in [0.1, 0.15) is 16.2 Å². The summed E-state index contributed by atoms with van der Waals surface area (Å²) in [4.78, 5) is 19.0. The molecule has 9 heteroatoms. The first-order chi connectivity index (χ1) is 16.9. The normalized spacial score (nSPS) is 9.91. The van der Waals surface area contributed by atoms with Gasteiger partial charge in [-0.05, 0) is 47.5 Å². The number of aromatic nitrogens is 2. The molecule has 2 heterocycles. The van der Waals surface area contributed by atoms with E-state index < -0.39 is 5.91 Å². The Morgan fingerprint density at radius 3 is 1.80 bits per heavy atom. The van der Waals surface area contributed by atoms with Gasteiger partial charge >= 0.3 is 0 Å². The molecular weight excluding hydrogens is 454 g/mol. The van der Waals surface area contributed by atoms with E-state index in [1.165, 1.54) is 50.9 Å². The molecular formula is C26H20F2N4O3. The Kier molecular flexibility index (Phi) is 8.03. The van der Waals surface area contributed by atoms with Crippen molar-refractivity contribution in [3.05, 3.63) is 96.1 Å². The van der Waals surface area contributed by atoms with E-state index in [4.69, 9.17) is 20.5 Å². The Morgan fingerprint density at radius 1 is 0.829 bits per heavy atom. The average Bonchev–Trinajstić information content (AvgIpc) is 2.88. The predicted octanol–water partition coefficient (Wildman–Crippen LogP) is 4.76. The van der Waals surface area contributed by atoms with E-state index in [9.17, 15) is 13.6 Å². The fraction of sp³-hybridized carbons (Fsp3) is 0.0769. The van der Waals surface area contributed by atoms with E-state index in [0.29, 0.717) is 28.0 Å². The molecule has 7 nitrogen and oxygen atoms in total. The van der Waals surface area contributed by atoms with Crippen LogP contribution in [0.15, 0.2) is 73.1 Å². The first-order valence-electron chi connectivity index (χ1n) is 10.2. The van der Waals surface area contributed by atoms with Gasteiger partial charge < -0.3 is 15.2 Å². The van der Waals surface area contributed by atoms with Gasteiger partial charge in [0, 0.05) is 23.5 Å². The van der Waals surface area contributed by atoms with Crippen molar-refractivity contribution < 1.29 is 23.0 Å². The number of carbonyl (C=O) groups is 1. The summed E-state index contributed by atoms with van der Waals surface area (Å²) in [6.07, 6.45) is 2.98. The fourth-order valence-electron chi connectivity index (χ4n) is 3.12. The molecule has 0 saturated carbocycles. The van der Waals surface area contributed by atoms with Crippen LogP contribution in [0.3, 0.4) is 0 Å². The Morgan fingerprint density at radius 2 is 1.34 bits per heavy atom. The molecule has 4 rings (SSSR count). The van der Waals surface area contributed by atoms with Crippen LogP contribution in [-0.4, -0.2) is 30.1 Å². The van der Waals surface area contributed by atoms with Crippen molar-refractivity contribution in [1.29, 1.82) is 5.26 Å². The number of rotatable bonds is 5. The monoisotopic (exact) mass is 474 g/mol. The number of methoxy groups -OCH3 is 2. The number of hydrogen-bond acceptors (Lipinski definition) is 6. The van der Waals surface area contributed by atoms with Crippen LogP contribution >= 0.6 is 0 Å². The van der Waals surface area contributed by atoms with Crippen LogP contribution in [0.5, 0.6) is 11.5 Å². The Hall–Kier alpha value is -4.84. The highest BCUT2D eigenvalue weighted by atomic mass is 19.1. The van der Waals surface area contributed by atoms with Crippen molar-refractivity contribution >= 4 is 5.91 Å². The van der Waals surface area contributed by atoms with Crippen molar-refractivity contribution in [3.63, 3.8) is 0 Å². The van der Waals surface area contributed by atoms with Crippen LogP contribution in [0.2, 0.25) is 0 Å². The quantitative estimate of drug-likeness (QED) is 0.446. The molecule has 0 aliphatic carbocycles. The highest BCUT2D eigenvalue weighted by molar-refractivity contribution is 5.94. The van der Waals surface area contributed by atoms with Gasteiger partial charge in [0.15, 0.2) is 22.9 Å². The molecule has 1 amide bonds. The summed E-state index contributed by atoms with van der Waals surface area (Å²) < 4.78 is 36.3. The van der Waals surface area contributed by atoms with Crippen molar-refractivity contribution in [3.8, 4) is 39.8 Å². The summed E-state index contributed by atoms with van der Waals surface area (Å²) in [6, 6.07) is 17.4. The topological polar surface area (TPSA) is 111 Å². The number of carbonyl (C=O) groups excluding carboxylic acids is 1. The van der Waals surface area contributed by atoms with Gasteiger partial charge in [0.2, 0.25) is 0 Å². The van der Waals surface area contributed by atoms with Crippen molar-refractivity contribution in [2.75, 3.05) is 14.2 Å². The SMILES string of the molecule is COc1cc(-c2cccc(F)c2)cnc1C#N.COc1cc(-c2cccc(F)c2)cnc1C(N)=O. The Bertz CT molecular complexity index is 1400.